The van der Waals surface area contributed by atoms with Crippen LogP contribution >= 0.6 is 0 Å². The highest BCUT2D eigenvalue weighted by molar-refractivity contribution is 6.00. The Morgan fingerprint density at radius 1 is 0.879 bits per heavy atom. The molecule has 0 atom stereocenters. The van der Waals surface area contributed by atoms with Crippen LogP contribution in [0.4, 0.5) is 4.39 Å². The number of methoxy groups -OCH3 is 2. The molecule has 0 aliphatic carbocycles. The van der Waals surface area contributed by atoms with E-state index in [-0.39, 0.29) is 12.4 Å². The van der Waals surface area contributed by atoms with Gasteiger partial charge < -0.3 is 14.2 Å². The van der Waals surface area contributed by atoms with Crippen LogP contribution < -0.4 is 14.2 Å². The monoisotopic (exact) mass is 439 g/mol. The fourth-order valence-corrected chi connectivity index (χ4v) is 3.67. The molecule has 0 radical (unpaired) electrons. The smallest absolute Gasteiger partial charge is 0.161 e. The normalized spacial score (nSPS) is 11.2. The van der Waals surface area contributed by atoms with Gasteiger partial charge in [-0.05, 0) is 64.4 Å². The molecule has 0 bridgehead atoms. The molecule has 0 spiro atoms. The first-order chi connectivity index (χ1) is 16.1. The lowest BCUT2D eigenvalue weighted by molar-refractivity contribution is 0.305. The Kier molecular flexibility index (Phi) is 6.56. The predicted octanol–water partition coefficient (Wildman–Crippen LogP) is 6.64. The number of nitrogens with zero attached hydrogens (tertiary/aromatic N) is 1. The molecular weight excluding hydrogens is 417 g/mol. The quantitative estimate of drug-likeness (QED) is 0.239. The summed E-state index contributed by atoms with van der Waals surface area (Å²) < 4.78 is 30.4. The van der Waals surface area contributed by atoms with E-state index in [2.05, 4.69) is 6.07 Å². The molecule has 164 valence electrons. The molecule has 4 rings (SSSR count). The highest BCUT2D eigenvalue weighted by Gasteiger charge is 2.12. The van der Waals surface area contributed by atoms with E-state index in [0.29, 0.717) is 28.4 Å². The fraction of sp³-hybridized carbons (Fsp3) is 0.107. The lowest BCUT2D eigenvalue weighted by atomic mass is 9.98. The van der Waals surface area contributed by atoms with E-state index in [1.807, 2.05) is 54.6 Å². The van der Waals surface area contributed by atoms with Gasteiger partial charge in [-0.25, -0.2) is 4.39 Å². The Morgan fingerprint density at radius 3 is 2.42 bits per heavy atom. The van der Waals surface area contributed by atoms with Crippen molar-refractivity contribution < 1.29 is 18.6 Å². The molecule has 4 aromatic carbocycles. The molecule has 0 fully saturated rings. The Hall–Kier alpha value is -4.30. The number of allylic oxidation sites excluding steroid dienone is 1. The molecular formula is C28H22FNO3. The number of fused-ring (bicyclic) bond motifs is 1. The van der Waals surface area contributed by atoms with Gasteiger partial charge in [0.2, 0.25) is 0 Å². The first kappa shape index (κ1) is 21.9. The lowest BCUT2D eigenvalue weighted by Crippen LogP contribution is -1.98. The van der Waals surface area contributed by atoms with Gasteiger partial charge in [0.25, 0.3) is 0 Å². The third-order valence-corrected chi connectivity index (χ3v) is 5.32. The van der Waals surface area contributed by atoms with Gasteiger partial charge in [-0.3, -0.25) is 0 Å². The molecule has 0 aliphatic heterocycles. The van der Waals surface area contributed by atoms with Crippen LogP contribution in [-0.4, -0.2) is 14.2 Å². The summed E-state index contributed by atoms with van der Waals surface area (Å²) in [4.78, 5) is 0. The van der Waals surface area contributed by atoms with Crippen LogP contribution in [0.25, 0.3) is 22.4 Å². The van der Waals surface area contributed by atoms with Crippen molar-refractivity contribution in [1.29, 1.82) is 5.26 Å². The van der Waals surface area contributed by atoms with Gasteiger partial charge in [0.1, 0.15) is 18.2 Å². The minimum absolute atomic E-state index is 0.204. The molecule has 0 heterocycles. The summed E-state index contributed by atoms with van der Waals surface area (Å²) in [6, 6.07) is 25.7. The Balaban J connectivity index is 1.79. The van der Waals surface area contributed by atoms with Crippen molar-refractivity contribution in [1.82, 2.24) is 0 Å². The molecule has 4 nitrogen and oxygen atoms in total. The fourth-order valence-electron chi connectivity index (χ4n) is 3.67. The molecule has 0 aliphatic rings. The van der Waals surface area contributed by atoms with Crippen molar-refractivity contribution in [3.05, 3.63) is 101 Å². The first-order valence-corrected chi connectivity index (χ1v) is 10.4. The van der Waals surface area contributed by atoms with Crippen molar-refractivity contribution in [3.8, 4) is 23.3 Å². The highest BCUT2D eigenvalue weighted by atomic mass is 19.1. The maximum Gasteiger partial charge on any atom is 0.161 e. The molecule has 4 aromatic rings. The van der Waals surface area contributed by atoms with Gasteiger partial charge in [0, 0.05) is 5.56 Å². The summed E-state index contributed by atoms with van der Waals surface area (Å²) >= 11 is 0. The number of nitriles is 1. The van der Waals surface area contributed by atoms with Crippen LogP contribution in [0.3, 0.4) is 0 Å². The Morgan fingerprint density at radius 2 is 1.67 bits per heavy atom. The van der Waals surface area contributed by atoms with Crippen LogP contribution in [0.15, 0.2) is 78.9 Å². The third-order valence-electron chi connectivity index (χ3n) is 5.32. The van der Waals surface area contributed by atoms with Crippen LogP contribution in [0, 0.1) is 17.1 Å². The SMILES string of the molecule is COc1ccc(/C(C#N)=C/c2c(OCc3cccc(F)c3)ccc3ccccc23)cc1OC. The summed E-state index contributed by atoms with van der Waals surface area (Å²) in [5.74, 6) is 1.42. The van der Waals surface area contributed by atoms with Gasteiger partial charge in [-0.15, -0.1) is 0 Å². The average molecular weight is 439 g/mol. The molecule has 0 saturated heterocycles. The molecule has 0 saturated carbocycles. The molecule has 0 N–H and O–H groups in total. The largest absolute Gasteiger partial charge is 0.493 e. The number of benzene rings is 4. The van der Waals surface area contributed by atoms with Crippen LogP contribution in [0.1, 0.15) is 16.7 Å². The van der Waals surface area contributed by atoms with E-state index in [0.717, 1.165) is 21.9 Å². The number of halogens is 1. The van der Waals surface area contributed by atoms with Gasteiger partial charge in [-0.2, -0.15) is 5.26 Å². The van der Waals surface area contributed by atoms with Crippen LogP contribution in [0.5, 0.6) is 17.2 Å². The molecule has 5 heteroatoms. The summed E-state index contributed by atoms with van der Waals surface area (Å²) in [6.45, 7) is 0.204. The van der Waals surface area contributed by atoms with E-state index in [4.69, 9.17) is 14.2 Å². The van der Waals surface area contributed by atoms with Crippen molar-refractivity contribution in [2.45, 2.75) is 6.61 Å². The third kappa shape index (κ3) is 4.81. The average Bonchev–Trinajstić information content (AvgIpc) is 2.86. The minimum Gasteiger partial charge on any atom is -0.493 e. The van der Waals surface area contributed by atoms with E-state index in [1.165, 1.54) is 12.1 Å². The van der Waals surface area contributed by atoms with Gasteiger partial charge in [-0.1, -0.05) is 42.5 Å². The van der Waals surface area contributed by atoms with Gasteiger partial charge >= 0.3 is 0 Å². The second kappa shape index (κ2) is 9.88. The topological polar surface area (TPSA) is 51.5 Å². The highest BCUT2D eigenvalue weighted by Crippen LogP contribution is 2.35. The van der Waals surface area contributed by atoms with E-state index < -0.39 is 0 Å². The second-order valence-corrected chi connectivity index (χ2v) is 7.36. The van der Waals surface area contributed by atoms with Gasteiger partial charge in [0.15, 0.2) is 11.5 Å². The standard InChI is InChI=1S/C28H22FNO3/c1-31-27-13-11-21(16-28(27)32-2)22(17-30)15-25-24-9-4-3-7-20(24)10-12-26(25)33-18-19-6-5-8-23(29)14-19/h3-16H,18H2,1-2H3/b22-15+. The zero-order valence-corrected chi connectivity index (χ0v) is 18.3. The van der Waals surface area contributed by atoms with E-state index in [1.54, 1.807) is 32.4 Å². The van der Waals surface area contributed by atoms with Gasteiger partial charge in [0.05, 0.1) is 25.9 Å². The minimum atomic E-state index is -0.310. The molecule has 33 heavy (non-hydrogen) atoms. The second-order valence-electron chi connectivity index (χ2n) is 7.36. The van der Waals surface area contributed by atoms with Crippen molar-refractivity contribution in [3.63, 3.8) is 0 Å². The first-order valence-electron chi connectivity index (χ1n) is 10.4. The van der Waals surface area contributed by atoms with E-state index >= 15 is 0 Å². The maximum absolute atomic E-state index is 13.6. The molecule has 0 amide bonds. The number of hydrogen-bond acceptors (Lipinski definition) is 4. The predicted molar refractivity (Wildman–Crippen MR) is 128 cm³/mol. The lowest BCUT2D eigenvalue weighted by Gasteiger charge is -2.13. The summed E-state index contributed by atoms with van der Waals surface area (Å²) in [7, 11) is 3.12. The van der Waals surface area contributed by atoms with Crippen LogP contribution in [-0.2, 0) is 6.61 Å². The summed E-state index contributed by atoms with van der Waals surface area (Å²) in [5, 5.41) is 11.9. The Labute approximate surface area is 192 Å². The van der Waals surface area contributed by atoms with Crippen molar-refractivity contribution >= 4 is 22.4 Å². The number of rotatable bonds is 7. The summed E-state index contributed by atoms with van der Waals surface area (Å²) in [5.41, 5.74) is 2.64. The van der Waals surface area contributed by atoms with Crippen molar-refractivity contribution in [2.24, 2.45) is 0 Å². The molecule has 0 aromatic heterocycles. The zero-order valence-electron chi connectivity index (χ0n) is 18.3. The number of ether oxygens (including phenoxy) is 3. The van der Waals surface area contributed by atoms with Crippen molar-refractivity contribution in [2.75, 3.05) is 14.2 Å². The zero-order chi connectivity index (χ0) is 23.2. The maximum atomic E-state index is 13.6. The van der Waals surface area contributed by atoms with E-state index in [9.17, 15) is 9.65 Å². The number of hydrogen-bond donors (Lipinski definition) is 0. The van der Waals surface area contributed by atoms with Crippen LogP contribution in [0.2, 0.25) is 0 Å². The Bertz CT molecular complexity index is 1370. The summed E-state index contributed by atoms with van der Waals surface area (Å²) in [6.07, 6.45) is 1.81. The molecule has 0 unspecified atom stereocenters.